The van der Waals surface area contributed by atoms with Crippen molar-refractivity contribution in [1.82, 2.24) is 5.32 Å². The highest BCUT2D eigenvalue weighted by atomic mass is 35.5. The van der Waals surface area contributed by atoms with Gasteiger partial charge in [-0.25, -0.2) is 0 Å². The van der Waals surface area contributed by atoms with E-state index in [9.17, 15) is 0 Å². The molecule has 0 aromatic carbocycles. The van der Waals surface area contributed by atoms with E-state index in [1.165, 1.54) is 4.88 Å². The molecule has 0 aliphatic heterocycles. The third-order valence-electron chi connectivity index (χ3n) is 1.83. The van der Waals surface area contributed by atoms with E-state index in [1.54, 1.807) is 11.3 Å². The molecule has 0 radical (unpaired) electrons. The molecule has 0 spiro atoms. The van der Waals surface area contributed by atoms with Gasteiger partial charge in [0.2, 0.25) is 0 Å². The van der Waals surface area contributed by atoms with Crippen molar-refractivity contribution in [2.75, 3.05) is 13.1 Å². The van der Waals surface area contributed by atoms with E-state index in [0.717, 1.165) is 23.8 Å². The first-order valence-electron chi connectivity index (χ1n) is 4.92. The van der Waals surface area contributed by atoms with Crippen molar-refractivity contribution in [3.05, 3.63) is 21.3 Å². The zero-order valence-electron chi connectivity index (χ0n) is 9.47. The molecular weight excluding hydrogens is 249 g/mol. The minimum absolute atomic E-state index is 0. The highest BCUT2D eigenvalue weighted by molar-refractivity contribution is 7.16. The Kier molecular flexibility index (Phi) is 6.85. The van der Waals surface area contributed by atoms with Gasteiger partial charge in [-0.15, -0.1) is 23.7 Å². The largest absolute Gasteiger partial charge is 0.316 e. The zero-order chi connectivity index (χ0) is 10.6. The maximum Gasteiger partial charge on any atom is 0.0931 e. The van der Waals surface area contributed by atoms with Crippen LogP contribution in [0.4, 0.5) is 0 Å². The van der Waals surface area contributed by atoms with E-state index in [0.29, 0.717) is 5.41 Å². The van der Waals surface area contributed by atoms with Crippen LogP contribution >= 0.6 is 35.3 Å². The molecule has 1 aromatic rings. The molecule has 0 amide bonds. The lowest BCUT2D eigenvalue weighted by Gasteiger charge is -2.18. The number of rotatable bonds is 4. The van der Waals surface area contributed by atoms with Gasteiger partial charge in [-0.3, -0.25) is 0 Å². The highest BCUT2D eigenvalue weighted by Gasteiger charge is 2.08. The molecule has 1 rings (SSSR count). The number of hydrogen-bond acceptors (Lipinski definition) is 2. The van der Waals surface area contributed by atoms with Crippen molar-refractivity contribution in [2.45, 2.75) is 27.2 Å². The van der Waals surface area contributed by atoms with Gasteiger partial charge in [0, 0.05) is 11.4 Å². The molecule has 0 unspecified atom stereocenters. The molecule has 0 atom stereocenters. The topological polar surface area (TPSA) is 12.0 Å². The van der Waals surface area contributed by atoms with E-state index in [4.69, 9.17) is 11.6 Å². The summed E-state index contributed by atoms with van der Waals surface area (Å²) in [6.07, 6.45) is 1.08. The lowest BCUT2D eigenvalue weighted by molar-refractivity contribution is 0.382. The van der Waals surface area contributed by atoms with Crippen LogP contribution in [0.15, 0.2) is 12.1 Å². The van der Waals surface area contributed by atoms with Crippen molar-refractivity contribution >= 4 is 35.3 Å². The second-order valence-corrected chi connectivity index (χ2v) is 6.49. The van der Waals surface area contributed by atoms with Crippen molar-refractivity contribution in [3.8, 4) is 0 Å². The molecule has 0 saturated carbocycles. The molecule has 15 heavy (non-hydrogen) atoms. The third-order valence-corrected chi connectivity index (χ3v) is 3.12. The molecule has 1 nitrogen and oxygen atoms in total. The first-order chi connectivity index (χ1) is 6.47. The van der Waals surface area contributed by atoms with Gasteiger partial charge in [-0.1, -0.05) is 32.4 Å². The second-order valence-electron chi connectivity index (χ2n) is 4.69. The van der Waals surface area contributed by atoms with Gasteiger partial charge in [0.05, 0.1) is 4.34 Å². The van der Waals surface area contributed by atoms with Crippen LogP contribution in [-0.2, 0) is 6.42 Å². The lowest BCUT2D eigenvalue weighted by atomic mass is 9.97. The van der Waals surface area contributed by atoms with Gasteiger partial charge in [0.25, 0.3) is 0 Å². The maximum absolute atomic E-state index is 5.84. The SMILES string of the molecule is CC(C)(C)CNCCc1ccc(Cl)s1.Cl. The standard InChI is InChI=1S/C11H18ClNS.ClH/c1-11(2,3)8-13-7-6-9-4-5-10(12)14-9;/h4-5,13H,6-8H2,1-3H3;1H. The smallest absolute Gasteiger partial charge is 0.0931 e. The maximum atomic E-state index is 5.84. The predicted molar refractivity (Wildman–Crippen MR) is 72.6 cm³/mol. The summed E-state index contributed by atoms with van der Waals surface area (Å²) >= 11 is 7.52. The second kappa shape index (κ2) is 6.74. The summed E-state index contributed by atoms with van der Waals surface area (Å²) in [4.78, 5) is 1.36. The molecule has 1 heterocycles. The van der Waals surface area contributed by atoms with Crippen LogP contribution in [0.3, 0.4) is 0 Å². The molecule has 0 fully saturated rings. The Morgan fingerprint density at radius 2 is 2.00 bits per heavy atom. The Morgan fingerprint density at radius 1 is 1.33 bits per heavy atom. The predicted octanol–water partition coefficient (Wildman–Crippen LogP) is 4.00. The summed E-state index contributed by atoms with van der Waals surface area (Å²) in [6, 6.07) is 4.07. The summed E-state index contributed by atoms with van der Waals surface area (Å²) in [5, 5.41) is 3.45. The minimum atomic E-state index is 0. The Hall–Kier alpha value is 0.240. The molecule has 0 aliphatic carbocycles. The molecule has 0 bridgehead atoms. The van der Waals surface area contributed by atoms with Gasteiger partial charge in [0.15, 0.2) is 0 Å². The minimum Gasteiger partial charge on any atom is -0.316 e. The van der Waals surface area contributed by atoms with Crippen molar-refractivity contribution in [1.29, 1.82) is 0 Å². The summed E-state index contributed by atoms with van der Waals surface area (Å²) < 4.78 is 0.885. The number of hydrogen-bond donors (Lipinski definition) is 1. The van der Waals surface area contributed by atoms with Crippen LogP contribution in [0.2, 0.25) is 4.34 Å². The number of nitrogens with one attached hydrogen (secondary N) is 1. The highest BCUT2D eigenvalue weighted by Crippen LogP contribution is 2.21. The molecular formula is C11H19Cl2NS. The molecule has 0 aliphatic rings. The molecule has 1 aromatic heterocycles. The fourth-order valence-electron chi connectivity index (χ4n) is 1.16. The van der Waals surface area contributed by atoms with E-state index in [1.807, 2.05) is 6.07 Å². The van der Waals surface area contributed by atoms with Crippen LogP contribution in [-0.4, -0.2) is 13.1 Å². The van der Waals surface area contributed by atoms with Gasteiger partial charge in [-0.05, 0) is 30.5 Å². The average Bonchev–Trinajstić information content (AvgIpc) is 2.44. The molecule has 0 saturated heterocycles. The van der Waals surface area contributed by atoms with Crippen molar-refractivity contribution in [3.63, 3.8) is 0 Å². The fourth-order valence-corrected chi connectivity index (χ4v) is 2.25. The summed E-state index contributed by atoms with van der Waals surface area (Å²) in [5.74, 6) is 0. The van der Waals surface area contributed by atoms with Crippen molar-refractivity contribution in [2.24, 2.45) is 5.41 Å². The number of halogens is 2. The van der Waals surface area contributed by atoms with Gasteiger partial charge in [-0.2, -0.15) is 0 Å². The Morgan fingerprint density at radius 3 is 2.47 bits per heavy atom. The Balaban J connectivity index is 0.00000196. The molecule has 88 valence electrons. The summed E-state index contributed by atoms with van der Waals surface area (Å²) in [6.45, 7) is 8.81. The van der Waals surface area contributed by atoms with Crippen LogP contribution in [0, 0.1) is 5.41 Å². The first kappa shape index (κ1) is 15.2. The van der Waals surface area contributed by atoms with Gasteiger partial charge in [0.1, 0.15) is 0 Å². The van der Waals surface area contributed by atoms with Crippen LogP contribution in [0.25, 0.3) is 0 Å². The van der Waals surface area contributed by atoms with Crippen LogP contribution in [0.5, 0.6) is 0 Å². The van der Waals surface area contributed by atoms with E-state index >= 15 is 0 Å². The average molecular weight is 268 g/mol. The molecule has 4 heteroatoms. The first-order valence-corrected chi connectivity index (χ1v) is 6.12. The third kappa shape index (κ3) is 7.18. The zero-order valence-corrected chi connectivity index (χ0v) is 11.9. The van der Waals surface area contributed by atoms with Crippen LogP contribution in [0.1, 0.15) is 25.6 Å². The summed E-state index contributed by atoms with van der Waals surface area (Å²) in [7, 11) is 0. The Bertz CT molecular complexity index is 278. The van der Waals surface area contributed by atoms with Gasteiger partial charge < -0.3 is 5.32 Å². The summed E-state index contributed by atoms with van der Waals surface area (Å²) in [5.41, 5.74) is 0.368. The fraction of sp³-hybridized carbons (Fsp3) is 0.636. The van der Waals surface area contributed by atoms with Crippen molar-refractivity contribution < 1.29 is 0 Å². The quantitative estimate of drug-likeness (QED) is 0.814. The normalized spacial score (nSPS) is 11.2. The van der Waals surface area contributed by atoms with E-state index < -0.39 is 0 Å². The van der Waals surface area contributed by atoms with Gasteiger partial charge >= 0.3 is 0 Å². The van der Waals surface area contributed by atoms with Crippen LogP contribution < -0.4 is 5.32 Å². The van der Waals surface area contributed by atoms with E-state index in [2.05, 4.69) is 32.2 Å². The number of thiophene rings is 1. The monoisotopic (exact) mass is 267 g/mol. The molecule has 1 N–H and O–H groups in total. The Labute approximate surface area is 108 Å². The lowest BCUT2D eigenvalue weighted by Crippen LogP contribution is -2.28. The van der Waals surface area contributed by atoms with E-state index in [-0.39, 0.29) is 12.4 Å².